The fraction of sp³-hybridized carbons (Fsp3) is 0.750. The second-order valence-electron chi connectivity index (χ2n) is 4.94. The van der Waals surface area contributed by atoms with Gasteiger partial charge < -0.3 is 0 Å². The fourth-order valence-corrected chi connectivity index (χ4v) is 1.96. The monoisotopic (exact) mass is 164 g/mol. The molecular formula is C12H20. The van der Waals surface area contributed by atoms with Crippen molar-refractivity contribution in [3.8, 4) is 0 Å². The normalized spacial score (nSPS) is 25.2. The van der Waals surface area contributed by atoms with E-state index < -0.39 is 0 Å². The molecule has 0 aromatic carbocycles. The molecule has 0 saturated heterocycles. The van der Waals surface area contributed by atoms with E-state index in [1.165, 1.54) is 31.3 Å². The van der Waals surface area contributed by atoms with E-state index in [4.69, 9.17) is 0 Å². The van der Waals surface area contributed by atoms with E-state index in [-0.39, 0.29) is 0 Å². The lowest BCUT2D eigenvalue weighted by atomic mass is 9.71. The first-order chi connectivity index (χ1) is 5.54. The van der Waals surface area contributed by atoms with E-state index in [1.807, 2.05) is 0 Å². The third kappa shape index (κ3) is 2.25. The number of hydrogen-bond acceptors (Lipinski definition) is 0. The lowest BCUT2D eigenvalue weighted by molar-refractivity contribution is 0.204. The molecule has 0 radical (unpaired) electrons. The lowest BCUT2D eigenvalue weighted by Gasteiger charge is -2.34. The van der Waals surface area contributed by atoms with E-state index in [9.17, 15) is 0 Å². The molecule has 1 saturated carbocycles. The highest BCUT2D eigenvalue weighted by molar-refractivity contribution is 5.04. The fourth-order valence-electron chi connectivity index (χ4n) is 1.96. The number of rotatable bonds is 0. The molecule has 0 nitrogen and oxygen atoms in total. The van der Waals surface area contributed by atoms with Crippen LogP contribution in [0, 0.1) is 11.3 Å². The molecule has 1 atom stereocenters. The first kappa shape index (κ1) is 9.61. The van der Waals surface area contributed by atoms with E-state index >= 15 is 0 Å². The van der Waals surface area contributed by atoms with Gasteiger partial charge in [0.1, 0.15) is 0 Å². The van der Waals surface area contributed by atoms with Gasteiger partial charge in [0.15, 0.2) is 0 Å². The highest BCUT2D eigenvalue weighted by Gasteiger charge is 2.27. The molecule has 1 aliphatic rings. The maximum absolute atomic E-state index is 3.74. The Hall–Kier alpha value is -0.480. The first-order valence-corrected chi connectivity index (χ1v) is 4.92. The summed E-state index contributed by atoms with van der Waals surface area (Å²) in [7, 11) is 0. The summed E-state index contributed by atoms with van der Waals surface area (Å²) in [6, 6.07) is 0. The van der Waals surface area contributed by atoms with Crippen LogP contribution in [-0.2, 0) is 0 Å². The molecule has 1 rings (SSSR count). The molecule has 12 heavy (non-hydrogen) atoms. The third-order valence-electron chi connectivity index (χ3n) is 3.00. The molecule has 1 aliphatic carbocycles. The molecule has 0 spiro atoms. The minimum Gasteiger partial charge on any atom is -0.130 e. The molecule has 1 fully saturated rings. The average molecular weight is 164 g/mol. The summed E-state index contributed by atoms with van der Waals surface area (Å²) in [5.74, 6) is 0.843. The molecule has 0 amide bonds. The molecule has 0 aromatic rings. The van der Waals surface area contributed by atoms with Crippen molar-refractivity contribution in [2.24, 2.45) is 11.3 Å². The Kier molecular flexibility index (Phi) is 2.80. The van der Waals surface area contributed by atoms with E-state index in [0.29, 0.717) is 5.41 Å². The maximum Gasteiger partial charge on any atom is -0.0211 e. The Morgan fingerprint density at radius 3 is 2.58 bits per heavy atom. The summed E-state index contributed by atoms with van der Waals surface area (Å²) >= 11 is 0. The van der Waals surface area contributed by atoms with Crippen molar-refractivity contribution in [2.45, 2.75) is 46.5 Å². The molecule has 0 aromatic heterocycles. The van der Waals surface area contributed by atoms with Crippen LogP contribution in [0.4, 0.5) is 0 Å². The van der Waals surface area contributed by atoms with Gasteiger partial charge in [-0.05, 0) is 42.6 Å². The van der Waals surface area contributed by atoms with Crippen LogP contribution in [0.1, 0.15) is 46.5 Å². The minimum atomic E-state index is 0.461. The summed E-state index contributed by atoms with van der Waals surface area (Å²) in [5.41, 5.74) is 4.98. The van der Waals surface area contributed by atoms with Crippen molar-refractivity contribution in [2.75, 3.05) is 0 Å². The summed E-state index contributed by atoms with van der Waals surface area (Å²) in [6.07, 6.45) is 5.18. The maximum atomic E-state index is 3.74. The topological polar surface area (TPSA) is 0 Å². The van der Waals surface area contributed by atoms with E-state index in [2.05, 4.69) is 33.1 Å². The van der Waals surface area contributed by atoms with Crippen LogP contribution < -0.4 is 0 Å². The SMILES string of the molecule is C=C=C1CCC[C@H](C(C)(C)C)C1. The standard InChI is InChI=1S/C12H20/c1-5-10-7-6-8-11(9-10)12(2,3)4/h11H,1,6-9H2,2-4H3/t11-/m0/s1. The van der Waals surface area contributed by atoms with Crippen molar-refractivity contribution in [3.05, 3.63) is 17.9 Å². The first-order valence-electron chi connectivity index (χ1n) is 4.92. The molecule has 0 heteroatoms. The summed E-state index contributed by atoms with van der Waals surface area (Å²) < 4.78 is 0. The van der Waals surface area contributed by atoms with Crippen LogP contribution in [0.2, 0.25) is 0 Å². The number of allylic oxidation sites excluding steroid dienone is 1. The van der Waals surface area contributed by atoms with Gasteiger partial charge in [0, 0.05) is 0 Å². The van der Waals surface area contributed by atoms with Gasteiger partial charge in [0.25, 0.3) is 0 Å². The Balaban J connectivity index is 2.64. The Labute approximate surface area is 76.4 Å². The van der Waals surface area contributed by atoms with Crippen molar-refractivity contribution in [1.29, 1.82) is 0 Å². The quantitative estimate of drug-likeness (QED) is 0.476. The van der Waals surface area contributed by atoms with Gasteiger partial charge in [0.2, 0.25) is 0 Å². The van der Waals surface area contributed by atoms with Gasteiger partial charge in [0.05, 0.1) is 0 Å². The van der Waals surface area contributed by atoms with Gasteiger partial charge in [-0.3, -0.25) is 0 Å². The zero-order valence-corrected chi connectivity index (χ0v) is 8.61. The van der Waals surface area contributed by atoms with Gasteiger partial charge in [-0.15, -0.1) is 5.73 Å². The Bertz CT molecular complexity index is 199. The van der Waals surface area contributed by atoms with E-state index in [1.54, 1.807) is 0 Å². The van der Waals surface area contributed by atoms with E-state index in [0.717, 1.165) is 5.92 Å². The van der Waals surface area contributed by atoms with Crippen molar-refractivity contribution < 1.29 is 0 Å². The third-order valence-corrected chi connectivity index (χ3v) is 3.00. The Morgan fingerprint density at radius 1 is 1.42 bits per heavy atom. The molecule has 68 valence electrons. The largest absolute Gasteiger partial charge is 0.130 e. The molecule has 0 aliphatic heterocycles. The zero-order valence-electron chi connectivity index (χ0n) is 8.61. The number of hydrogen-bond donors (Lipinski definition) is 0. The second-order valence-corrected chi connectivity index (χ2v) is 4.94. The highest BCUT2D eigenvalue weighted by atomic mass is 14.3. The molecule has 0 heterocycles. The zero-order chi connectivity index (χ0) is 9.19. The highest BCUT2D eigenvalue weighted by Crippen LogP contribution is 2.39. The van der Waals surface area contributed by atoms with Crippen LogP contribution in [-0.4, -0.2) is 0 Å². The molecule has 0 unspecified atom stereocenters. The predicted molar refractivity (Wildman–Crippen MR) is 54.1 cm³/mol. The predicted octanol–water partition coefficient (Wildman–Crippen LogP) is 3.93. The summed E-state index contributed by atoms with van der Waals surface area (Å²) in [4.78, 5) is 0. The molecule has 0 bridgehead atoms. The average Bonchev–Trinajstić information content (AvgIpc) is 2.03. The Morgan fingerprint density at radius 2 is 2.08 bits per heavy atom. The van der Waals surface area contributed by atoms with Gasteiger partial charge >= 0.3 is 0 Å². The van der Waals surface area contributed by atoms with Crippen molar-refractivity contribution in [3.63, 3.8) is 0 Å². The van der Waals surface area contributed by atoms with Gasteiger partial charge in [-0.1, -0.05) is 27.4 Å². The van der Waals surface area contributed by atoms with Crippen LogP contribution >= 0.6 is 0 Å². The van der Waals surface area contributed by atoms with Crippen molar-refractivity contribution in [1.82, 2.24) is 0 Å². The van der Waals surface area contributed by atoms with Gasteiger partial charge in [-0.2, -0.15) is 0 Å². The second kappa shape index (κ2) is 3.49. The van der Waals surface area contributed by atoms with Gasteiger partial charge in [-0.25, -0.2) is 0 Å². The summed E-state index contributed by atoms with van der Waals surface area (Å²) in [5, 5.41) is 0. The lowest BCUT2D eigenvalue weighted by Crippen LogP contribution is -2.23. The van der Waals surface area contributed by atoms with Crippen LogP contribution in [0.3, 0.4) is 0 Å². The smallest absolute Gasteiger partial charge is 0.0211 e. The molecular weight excluding hydrogens is 144 g/mol. The van der Waals surface area contributed by atoms with Crippen LogP contribution in [0.25, 0.3) is 0 Å². The van der Waals surface area contributed by atoms with Crippen molar-refractivity contribution >= 4 is 0 Å². The molecule has 0 N–H and O–H groups in total. The minimum absolute atomic E-state index is 0.461. The van der Waals surface area contributed by atoms with Crippen LogP contribution in [0.15, 0.2) is 17.9 Å². The van der Waals surface area contributed by atoms with Crippen LogP contribution in [0.5, 0.6) is 0 Å². The summed E-state index contributed by atoms with van der Waals surface area (Å²) in [6.45, 7) is 10.7.